The molecule has 3 rings (SSSR count). The third kappa shape index (κ3) is 4.40. The van der Waals surface area contributed by atoms with E-state index in [1.807, 2.05) is 0 Å². The van der Waals surface area contributed by atoms with Crippen LogP contribution in [0.3, 0.4) is 0 Å². The van der Waals surface area contributed by atoms with E-state index < -0.39 is 12.0 Å². The number of urea groups is 1. The Balaban J connectivity index is 1.59. The van der Waals surface area contributed by atoms with Gasteiger partial charge in [0.15, 0.2) is 12.4 Å². The fourth-order valence-corrected chi connectivity index (χ4v) is 2.29. The maximum Gasteiger partial charge on any atom is 0.338 e. The van der Waals surface area contributed by atoms with Crippen LogP contribution in [0.2, 0.25) is 5.02 Å². The zero-order chi connectivity index (χ0) is 18.5. The fraction of sp³-hybridized carbons (Fsp3) is 0.0556. The molecule has 0 atom stereocenters. The summed E-state index contributed by atoms with van der Waals surface area (Å²) < 4.78 is 10.7. The number of halogens is 1. The van der Waals surface area contributed by atoms with E-state index in [9.17, 15) is 9.59 Å². The van der Waals surface area contributed by atoms with E-state index in [4.69, 9.17) is 26.5 Å². The second-order valence-electron chi connectivity index (χ2n) is 5.27. The molecule has 3 N–H and O–H groups in total. The summed E-state index contributed by atoms with van der Waals surface area (Å²) in [7, 11) is 0. The van der Waals surface area contributed by atoms with Crippen molar-refractivity contribution in [3.8, 4) is 11.3 Å². The van der Waals surface area contributed by atoms with Crippen molar-refractivity contribution in [2.75, 3.05) is 5.32 Å². The van der Waals surface area contributed by atoms with Crippen molar-refractivity contribution >= 4 is 29.3 Å². The van der Waals surface area contributed by atoms with Crippen molar-refractivity contribution < 1.29 is 18.7 Å². The summed E-state index contributed by atoms with van der Waals surface area (Å²) >= 11 is 5.85. The number of ether oxygens (including phenoxy) is 1. The topological polar surface area (TPSA) is 107 Å². The molecule has 3 aromatic rings. The monoisotopic (exact) mass is 371 g/mol. The molecule has 0 aliphatic rings. The Hall–Kier alpha value is -3.32. The molecule has 0 saturated carbocycles. The van der Waals surface area contributed by atoms with Crippen molar-refractivity contribution in [3.05, 3.63) is 71.2 Å². The summed E-state index contributed by atoms with van der Waals surface area (Å²) in [4.78, 5) is 26.9. The van der Waals surface area contributed by atoms with Crippen molar-refractivity contribution in [1.29, 1.82) is 0 Å². The highest BCUT2D eigenvalue weighted by Gasteiger charge is 2.11. The largest absolute Gasteiger partial charge is 0.452 e. The standard InChI is InChI=1S/C18H14ClN3O4/c19-13-5-1-11(2-6-13)15-9-21-16(26-15)10-25-17(23)12-3-7-14(8-4-12)22-18(20)24/h1-9H,10H2,(H3,20,22,24). The zero-order valence-corrected chi connectivity index (χ0v) is 14.2. The number of nitrogens with zero attached hydrogens (tertiary/aromatic N) is 1. The number of benzene rings is 2. The van der Waals surface area contributed by atoms with E-state index in [1.54, 1.807) is 42.6 Å². The summed E-state index contributed by atoms with van der Waals surface area (Å²) in [5.74, 6) is 0.284. The van der Waals surface area contributed by atoms with Crippen LogP contribution in [0.4, 0.5) is 10.5 Å². The SMILES string of the molecule is NC(=O)Nc1ccc(C(=O)OCc2ncc(-c3ccc(Cl)cc3)o2)cc1. The van der Waals surface area contributed by atoms with Gasteiger partial charge in [-0.15, -0.1) is 0 Å². The lowest BCUT2D eigenvalue weighted by atomic mass is 10.2. The number of carbonyl (C=O) groups is 2. The molecule has 26 heavy (non-hydrogen) atoms. The predicted molar refractivity (Wildman–Crippen MR) is 95.7 cm³/mol. The minimum Gasteiger partial charge on any atom is -0.452 e. The van der Waals surface area contributed by atoms with Gasteiger partial charge in [-0.3, -0.25) is 0 Å². The molecule has 1 aromatic heterocycles. The number of nitrogens with one attached hydrogen (secondary N) is 1. The summed E-state index contributed by atoms with van der Waals surface area (Å²) in [5.41, 5.74) is 6.64. The first-order valence-corrected chi connectivity index (χ1v) is 7.93. The first-order chi connectivity index (χ1) is 12.5. The number of hydrogen-bond acceptors (Lipinski definition) is 5. The quantitative estimate of drug-likeness (QED) is 0.662. The average molecular weight is 372 g/mol. The van der Waals surface area contributed by atoms with Gasteiger partial charge in [-0.05, 0) is 48.5 Å². The molecule has 0 spiro atoms. The van der Waals surface area contributed by atoms with Gasteiger partial charge in [0.2, 0.25) is 5.89 Å². The molecule has 2 aromatic carbocycles. The molecule has 0 aliphatic carbocycles. The molecule has 0 unspecified atom stereocenters. The Morgan fingerprint density at radius 3 is 2.46 bits per heavy atom. The summed E-state index contributed by atoms with van der Waals surface area (Å²) in [5, 5.41) is 3.03. The number of carbonyl (C=O) groups excluding carboxylic acids is 2. The van der Waals surface area contributed by atoms with Crippen molar-refractivity contribution in [3.63, 3.8) is 0 Å². The Labute approximate surface area is 153 Å². The number of nitrogens with two attached hydrogens (primary N) is 1. The molecular weight excluding hydrogens is 358 g/mol. The third-order valence-corrected chi connectivity index (χ3v) is 3.65. The van der Waals surface area contributed by atoms with Gasteiger partial charge in [-0.2, -0.15) is 0 Å². The molecule has 0 bridgehead atoms. The van der Waals surface area contributed by atoms with Gasteiger partial charge in [0.05, 0.1) is 11.8 Å². The van der Waals surface area contributed by atoms with Gasteiger partial charge in [-0.1, -0.05) is 11.6 Å². The predicted octanol–water partition coefficient (Wildman–Crippen LogP) is 3.84. The van der Waals surface area contributed by atoms with Crippen LogP contribution in [0.1, 0.15) is 16.2 Å². The van der Waals surface area contributed by atoms with Gasteiger partial charge >= 0.3 is 12.0 Å². The highest BCUT2D eigenvalue weighted by atomic mass is 35.5. The molecular formula is C18H14ClN3O4. The fourth-order valence-electron chi connectivity index (χ4n) is 2.17. The number of anilines is 1. The van der Waals surface area contributed by atoms with E-state index in [0.717, 1.165) is 5.56 Å². The Morgan fingerprint density at radius 2 is 1.81 bits per heavy atom. The highest BCUT2D eigenvalue weighted by Crippen LogP contribution is 2.22. The van der Waals surface area contributed by atoms with Crippen LogP contribution in [0.15, 0.2) is 59.1 Å². The Morgan fingerprint density at radius 1 is 1.12 bits per heavy atom. The van der Waals surface area contributed by atoms with Gasteiger partial charge in [-0.25, -0.2) is 14.6 Å². The number of amides is 2. The number of esters is 1. The van der Waals surface area contributed by atoms with Gasteiger partial charge in [0.1, 0.15) is 0 Å². The lowest BCUT2D eigenvalue weighted by molar-refractivity contribution is 0.0439. The minimum atomic E-state index is -0.680. The van der Waals surface area contributed by atoms with E-state index in [0.29, 0.717) is 22.0 Å². The lowest BCUT2D eigenvalue weighted by Crippen LogP contribution is -2.19. The normalized spacial score (nSPS) is 10.3. The molecule has 0 aliphatic heterocycles. The smallest absolute Gasteiger partial charge is 0.338 e. The number of primary amides is 1. The summed E-state index contributed by atoms with van der Waals surface area (Å²) in [6, 6.07) is 12.5. The van der Waals surface area contributed by atoms with Gasteiger partial charge in [0.25, 0.3) is 0 Å². The van der Waals surface area contributed by atoms with Gasteiger partial charge < -0.3 is 20.2 Å². The minimum absolute atomic E-state index is 0.103. The molecule has 132 valence electrons. The highest BCUT2D eigenvalue weighted by molar-refractivity contribution is 6.30. The van der Waals surface area contributed by atoms with Crippen molar-refractivity contribution in [1.82, 2.24) is 4.98 Å². The summed E-state index contributed by atoms with van der Waals surface area (Å²) in [6.45, 7) is -0.103. The second-order valence-corrected chi connectivity index (χ2v) is 5.70. The molecule has 1 heterocycles. The van der Waals surface area contributed by atoms with Crippen LogP contribution in [-0.2, 0) is 11.3 Å². The maximum atomic E-state index is 12.0. The van der Waals surface area contributed by atoms with E-state index in [2.05, 4.69) is 10.3 Å². The number of rotatable bonds is 5. The van der Waals surface area contributed by atoms with E-state index >= 15 is 0 Å². The van der Waals surface area contributed by atoms with Crippen LogP contribution in [-0.4, -0.2) is 17.0 Å². The second kappa shape index (κ2) is 7.71. The molecule has 0 fully saturated rings. The molecule has 8 heteroatoms. The molecule has 2 amide bonds. The third-order valence-electron chi connectivity index (χ3n) is 3.40. The van der Waals surface area contributed by atoms with Crippen LogP contribution >= 0.6 is 11.6 Å². The van der Waals surface area contributed by atoms with E-state index in [-0.39, 0.29) is 12.5 Å². The maximum absolute atomic E-state index is 12.0. The van der Waals surface area contributed by atoms with Crippen LogP contribution in [0, 0.1) is 0 Å². The number of oxazole rings is 1. The van der Waals surface area contributed by atoms with Gasteiger partial charge in [0, 0.05) is 16.3 Å². The van der Waals surface area contributed by atoms with Crippen LogP contribution in [0.25, 0.3) is 11.3 Å². The van der Waals surface area contributed by atoms with E-state index in [1.165, 1.54) is 12.1 Å². The van der Waals surface area contributed by atoms with Crippen molar-refractivity contribution in [2.24, 2.45) is 5.73 Å². The first kappa shape index (κ1) is 17.5. The number of hydrogen-bond donors (Lipinski definition) is 2. The Kier molecular flexibility index (Phi) is 5.19. The summed E-state index contributed by atoms with van der Waals surface area (Å²) in [6.07, 6.45) is 1.55. The zero-order valence-electron chi connectivity index (χ0n) is 13.4. The Bertz CT molecular complexity index is 920. The van der Waals surface area contributed by atoms with Crippen molar-refractivity contribution in [2.45, 2.75) is 6.61 Å². The molecule has 0 saturated heterocycles. The number of aromatic nitrogens is 1. The first-order valence-electron chi connectivity index (χ1n) is 7.55. The molecule has 0 radical (unpaired) electrons. The lowest BCUT2D eigenvalue weighted by Gasteiger charge is -2.04. The van der Waals surface area contributed by atoms with Crippen LogP contribution in [0.5, 0.6) is 0 Å². The molecule has 7 nitrogen and oxygen atoms in total. The average Bonchev–Trinajstić information content (AvgIpc) is 3.09. The van der Waals surface area contributed by atoms with Crippen LogP contribution < -0.4 is 11.1 Å².